The number of carbonyl (C=O) groups is 1. The second kappa shape index (κ2) is 5.80. The van der Waals surface area contributed by atoms with Crippen molar-refractivity contribution >= 4 is 17.5 Å². The van der Waals surface area contributed by atoms with E-state index >= 15 is 0 Å². The predicted molar refractivity (Wildman–Crippen MR) is 63.4 cm³/mol. The van der Waals surface area contributed by atoms with E-state index in [0.717, 1.165) is 6.42 Å². The van der Waals surface area contributed by atoms with Gasteiger partial charge in [-0.05, 0) is 12.3 Å². The first-order valence-corrected chi connectivity index (χ1v) is 5.70. The molecule has 1 rings (SSSR count). The van der Waals surface area contributed by atoms with Gasteiger partial charge in [0.2, 0.25) is 0 Å². The van der Waals surface area contributed by atoms with Gasteiger partial charge < -0.3 is 5.32 Å². The van der Waals surface area contributed by atoms with Crippen LogP contribution in [0.25, 0.3) is 0 Å². The zero-order chi connectivity index (χ0) is 12.1. The molecule has 0 aromatic carbocycles. The van der Waals surface area contributed by atoms with Crippen LogP contribution in [-0.2, 0) is 0 Å². The van der Waals surface area contributed by atoms with E-state index in [1.165, 1.54) is 12.4 Å². The number of hydrogen-bond donors (Lipinski definition) is 1. The number of nitrogens with zero attached hydrogens (tertiary/aromatic N) is 2. The second-order valence-electron chi connectivity index (χ2n) is 3.96. The Balaban J connectivity index is 2.72. The lowest BCUT2D eigenvalue weighted by Gasteiger charge is -2.20. The Bertz CT molecular complexity index is 368. The fourth-order valence-corrected chi connectivity index (χ4v) is 1.58. The van der Waals surface area contributed by atoms with Gasteiger partial charge in [-0.25, -0.2) is 4.98 Å². The van der Waals surface area contributed by atoms with Gasteiger partial charge in [-0.1, -0.05) is 32.4 Å². The highest BCUT2D eigenvalue weighted by Crippen LogP contribution is 2.07. The van der Waals surface area contributed by atoms with Crippen molar-refractivity contribution in [2.24, 2.45) is 5.92 Å². The maximum atomic E-state index is 11.8. The molecule has 16 heavy (non-hydrogen) atoms. The number of carbonyl (C=O) groups excluding carboxylic acids is 1. The summed E-state index contributed by atoms with van der Waals surface area (Å²) in [5.41, 5.74) is 0.256. The summed E-state index contributed by atoms with van der Waals surface area (Å²) in [6.07, 6.45) is 3.70. The first-order chi connectivity index (χ1) is 7.54. The first-order valence-electron chi connectivity index (χ1n) is 5.33. The lowest BCUT2D eigenvalue weighted by atomic mass is 10.0. The molecule has 88 valence electrons. The summed E-state index contributed by atoms with van der Waals surface area (Å²) in [5, 5.41) is 3.14. The van der Waals surface area contributed by atoms with Crippen molar-refractivity contribution in [2.45, 2.75) is 33.2 Å². The third-order valence-electron chi connectivity index (χ3n) is 2.40. The maximum Gasteiger partial charge on any atom is 0.271 e. The third kappa shape index (κ3) is 3.45. The summed E-state index contributed by atoms with van der Waals surface area (Å²) in [6.45, 7) is 6.17. The molecule has 0 aliphatic carbocycles. The van der Waals surface area contributed by atoms with Gasteiger partial charge in [0, 0.05) is 6.04 Å². The van der Waals surface area contributed by atoms with Crippen LogP contribution in [0.1, 0.15) is 37.7 Å². The number of amides is 1. The Kier molecular flexibility index (Phi) is 4.68. The molecular formula is C11H16ClN3O. The number of rotatable bonds is 4. The molecule has 0 bridgehead atoms. The molecule has 1 aromatic heterocycles. The summed E-state index contributed by atoms with van der Waals surface area (Å²) in [7, 11) is 0. The predicted octanol–water partition coefficient (Wildman–Crippen LogP) is 2.29. The number of halogens is 1. The molecule has 0 aliphatic heterocycles. The molecule has 4 nitrogen and oxygen atoms in total. The fourth-order valence-electron chi connectivity index (χ4n) is 1.43. The minimum atomic E-state index is -0.226. The fraction of sp³-hybridized carbons (Fsp3) is 0.545. The molecule has 0 aliphatic rings. The summed E-state index contributed by atoms with van der Waals surface area (Å²) in [6, 6.07) is 0.147. The van der Waals surface area contributed by atoms with Crippen molar-refractivity contribution in [3.63, 3.8) is 0 Å². The maximum absolute atomic E-state index is 11.8. The molecule has 1 heterocycles. The Morgan fingerprint density at radius 1 is 1.50 bits per heavy atom. The highest BCUT2D eigenvalue weighted by molar-refractivity contribution is 6.29. The quantitative estimate of drug-likeness (QED) is 0.880. The van der Waals surface area contributed by atoms with Crippen molar-refractivity contribution in [1.29, 1.82) is 0 Å². The highest BCUT2D eigenvalue weighted by Gasteiger charge is 2.16. The van der Waals surface area contributed by atoms with Crippen LogP contribution in [0.4, 0.5) is 0 Å². The van der Waals surface area contributed by atoms with E-state index in [-0.39, 0.29) is 22.8 Å². The Morgan fingerprint density at radius 3 is 2.69 bits per heavy atom. The topological polar surface area (TPSA) is 54.9 Å². The van der Waals surface area contributed by atoms with Crippen LogP contribution in [0, 0.1) is 5.92 Å². The van der Waals surface area contributed by atoms with Crippen molar-refractivity contribution in [3.05, 3.63) is 23.2 Å². The Hall–Kier alpha value is -1.16. The van der Waals surface area contributed by atoms with Crippen molar-refractivity contribution in [2.75, 3.05) is 0 Å². The molecule has 0 spiro atoms. The van der Waals surface area contributed by atoms with Gasteiger partial charge in [-0.15, -0.1) is 0 Å². The van der Waals surface area contributed by atoms with E-state index < -0.39 is 0 Å². The lowest BCUT2D eigenvalue weighted by molar-refractivity contribution is 0.0919. The summed E-state index contributed by atoms with van der Waals surface area (Å²) < 4.78 is 0. The van der Waals surface area contributed by atoms with Gasteiger partial charge in [0.1, 0.15) is 10.8 Å². The molecule has 0 saturated heterocycles. The largest absolute Gasteiger partial charge is 0.348 e. The van der Waals surface area contributed by atoms with E-state index in [4.69, 9.17) is 11.6 Å². The molecule has 0 radical (unpaired) electrons. The van der Waals surface area contributed by atoms with E-state index in [0.29, 0.717) is 5.92 Å². The summed E-state index contributed by atoms with van der Waals surface area (Å²) in [4.78, 5) is 19.5. The molecule has 0 saturated carbocycles. The van der Waals surface area contributed by atoms with E-state index in [9.17, 15) is 4.79 Å². The Morgan fingerprint density at radius 2 is 2.19 bits per heavy atom. The second-order valence-corrected chi connectivity index (χ2v) is 4.35. The number of aromatic nitrogens is 2. The number of hydrogen-bond acceptors (Lipinski definition) is 3. The molecule has 1 unspecified atom stereocenters. The van der Waals surface area contributed by atoms with Crippen LogP contribution in [-0.4, -0.2) is 21.9 Å². The monoisotopic (exact) mass is 241 g/mol. The van der Waals surface area contributed by atoms with E-state index in [1.807, 2.05) is 6.92 Å². The molecule has 1 aromatic rings. The number of nitrogens with one attached hydrogen (secondary N) is 1. The molecule has 1 amide bonds. The molecule has 1 N–H and O–H groups in total. The summed E-state index contributed by atoms with van der Waals surface area (Å²) >= 11 is 5.67. The lowest BCUT2D eigenvalue weighted by Crippen LogP contribution is -2.38. The minimum absolute atomic E-state index is 0.147. The van der Waals surface area contributed by atoms with Gasteiger partial charge in [-0.2, -0.15) is 0 Å². The summed E-state index contributed by atoms with van der Waals surface area (Å²) in [5.74, 6) is 0.164. The van der Waals surface area contributed by atoms with E-state index in [1.54, 1.807) is 0 Å². The van der Waals surface area contributed by atoms with Gasteiger partial charge >= 0.3 is 0 Å². The zero-order valence-electron chi connectivity index (χ0n) is 9.70. The average molecular weight is 242 g/mol. The van der Waals surface area contributed by atoms with Gasteiger partial charge in [0.25, 0.3) is 5.91 Å². The molecule has 1 atom stereocenters. The molecule has 0 fully saturated rings. The van der Waals surface area contributed by atoms with Crippen LogP contribution >= 0.6 is 11.6 Å². The van der Waals surface area contributed by atoms with Crippen LogP contribution in [0.2, 0.25) is 5.15 Å². The standard InChI is InChI=1S/C11H16ClN3O/c1-4-8(7(2)3)15-11(16)9-5-13-6-10(12)14-9/h5-8H,4H2,1-3H3,(H,15,16). The van der Waals surface area contributed by atoms with Gasteiger partial charge in [0.15, 0.2) is 0 Å². The van der Waals surface area contributed by atoms with Crippen LogP contribution in [0.3, 0.4) is 0 Å². The van der Waals surface area contributed by atoms with Crippen molar-refractivity contribution < 1.29 is 4.79 Å². The SMILES string of the molecule is CCC(NC(=O)c1cncc(Cl)n1)C(C)C. The molecular weight excluding hydrogens is 226 g/mol. The van der Waals surface area contributed by atoms with Crippen LogP contribution in [0.5, 0.6) is 0 Å². The highest BCUT2D eigenvalue weighted by atomic mass is 35.5. The van der Waals surface area contributed by atoms with Crippen molar-refractivity contribution in [3.8, 4) is 0 Å². The van der Waals surface area contributed by atoms with Crippen LogP contribution < -0.4 is 5.32 Å². The normalized spacial score (nSPS) is 12.6. The van der Waals surface area contributed by atoms with Gasteiger partial charge in [0.05, 0.1) is 12.4 Å². The van der Waals surface area contributed by atoms with Crippen LogP contribution in [0.15, 0.2) is 12.4 Å². The van der Waals surface area contributed by atoms with Gasteiger partial charge in [-0.3, -0.25) is 9.78 Å². The average Bonchev–Trinajstić information content (AvgIpc) is 2.25. The third-order valence-corrected chi connectivity index (χ3v) is 2.58. The zero-order valence-corrected chi connectivity index (χ0v) is 10.5. The smallest absolute Gasteiger partial charge is 0.271 e. The van der Waals surface area contributed by atoms with E-state index in [2.05, 4.69) is 29.1 Å². The van der Waals surface area contributed by atoms with Crippen molar-refractivity contribution in [1.82, 2.24) is 15.3 Å². The molecule has 5 heteroatoms. The minimum Gasteiger partial charge on any atom is -0.348 e. The Labute approximate surface area is 100 Å². The first kappa shape index (κ1) is 12.9.